The molecular formula is C21H27N3O. The van der Waals surface area contributed by atoms with E-state index in [-0.39, 0.29) is 5.91 Å². The lowest BCUT2D eigenvalue weighted by molar-refractivity contribution is 0.0827. The monoisotopic (exact) mass is 337 g/mol. The number of benzene rings is 2. The zero-order valence-electron chi connectivity index (χ0n) is 15.3. The maximum absolute atomic E-state index is 12.3. The van der Waals surface area contributed by atoms with Crippen molar-refractivity contribution in [1.82, 2.24) is 4.90 Å². The van der Waals surface area contributed by atoms with Crippen molar-refractivity contribution in [2.75, 3.05) is 37.4 Å². The van der Waals surface area contributed by atoms with Gasteiger partial charge in [-0.05, 0) is 49.6 Å². The summed E-state index contributed by atoms with van der Waals surface area (Å²) < 4.78 is 0. The minimum atomic E-state index is 0.0556. The number of piperidine rings is 1. The summed E-state index contributed by atoms with van der Waals surface area (Å²) in [6, 6.07) is 17.1. The Morgan fingerprint density at radius 2 is 1.76 bits per heavy atom. The molecule has 2 aromatic rings. The van der Waals surface area contributed by atoms with Gasteiger partial charge in [0.2, 0.25) is 0 Å². The van der Waals surface area contributed by atoms with Crippen LogP contribution < -0.4 is 10.2 Å². The van der Waals surface area contributed by atoms with Gasteiger partial charge in [0.1, 0.15) is 0 Å². The molecule has 1 aliphatic heterocycles. The highest BCUT2D eigenvalue weighted by atomic mass is 16.2. The molecule has 0 bridgehead atoms. The van der Waals surface area contributed by atoms with Gasteiger partial charge in [-0.15, -0.1) is 0 Å². The first-order valence-electron chi connectivity index (χ1n) is 8.93. The Labute approximate surface area is 150 Å². The molecular weight excluding hydrogens is 310 g/mol. The van der Waals surface area contributed by atoms with Crippen molar-refractivity contribution >= 4 is 17.3 Å². The fourth-order valence-corrected chi connectivity index (χ4v) is 3.34. The first-order chi connectivity index (χ1) is 12.0. The summed E-state index contributed by atoms with van der Waals surface area (Å²) in [6.07, 6.45) is 2.19. The number of hydrogen-bond donors (Lipinski definition) is 1. The molecule has 0 aromatic heterocycles. The molecule has 0 aliphatic carbocycles. The zero-order valence-corrected chi connectivity index (χ0v) is 15.3. The van der Waals surface area contributed by atoms with Gasteiger partial charge in [0.25, 0.3) is 5.91 Å². The summed E-state index contributed by atoms with van der Waals surface area (Å²) in [4.78, 5) is 16.4. The standard InChI is InChI=1S/C21H27N3O/c1-16-9-10-18(15-20(16)21(25)23(2)3)22-17-11-13-24(14-12-17)19-7-5-4-6-8-19/h4-10,15,17,22H,11-14H2,1-3H3. The van der Waals surface area contributed by atoms with E-state index in [1.54, 1.807) is 19.0 Å². The minimum Gasteiger partial charge on any atom is -0.382 e. The molecule has 1 saturated heterocycles. The predicted octanol–water partition coefficient (Wildman–Crippen LogP) is 3.78. The molecule has 0 radical (unpaired) electrons. The fourth-order valence-electron chi connectivity index (χ4n) is 3.34. The van der Waals surface area contributed by atoms with E-state index in [0.29, 0.717) is 6.04 Å². The molecule has 1 amide bonds. The summed E-state index contributed by atoms with van der Waals surface area (Å²) in [6.45, 7) is 4.09. The molecule has 0 atom stereocenters. The van der Waals surface area contributed by atoms with E-state index in [9.17, 15) is 4.79 Å². The molecule has 3 rings (SSSR count). The highest BCUT2D eigenvalue weighted by molar-refractivity contribution is 5.96. The second kappa shape index (κ2) is 7.60. The number of hydrogen-bond acceptors (Lipinski definition) is 3. The molecule has 1 heterocycles. The van der Waals surface area contributed by atoms with Crippen LogP contribution in [-0.4, -0.2) is 44.0 Å². The molecule has 4 nitrogen and oxygen atoms in total. The van der Waals surface area contributed by atoms with Gasteiger partial charge in [-0.25, -0.2) is 0 Å². The quantitative estimate of drug-likeness (QED) is 0.922. The number of aryl methyl sites for hydroxylation is 1. The number of carbonyl (C=O) groups excluding carboxylic acids is 1. The molecule has 4 heteroatoms. The van der Waals surface area contributed by atoms with Crippen LogP contribution in [0.15, 0.2) is 48.5 Å². The minimum absolute atomic E-state index is 0.0556. The van der Waals surface area contributed by atoms with Crippen LogP contribution in [0.25, 0.3) is 0 Å². The Balaban J connectivity index is 1.62. The van der Waals surface area contributed by atoms with Crippen LogP contribution in [-0.2, 0) is 0 Å². The van der Waals surface area contributed by atoms with E-state index in [4.69, 9.17) is 0 Å². The predicted molar refractivity (Wildman–Crippen MR) is 104 cm³/mol. The second-order valence-electron chi connectivity index (χ2n) is 6.97. The van der Waals surface area contributed by atoms with E-state index in [0.717, 1.165) is 42.7 Å². The molecule has 2 aromatic carbocycles. The first kappa shape index (κ1) is 17.3. The Morgan fingerprint density at radius 1 is 1.08 bits per heavy atom. The average molecular weight is 337 g/mol. The molecule has 0 spiro atoms. The number of carbonyl (C=O) groups is 1. The Morgan fingerprint density at radius 3 is 2.40 bits per heavy atom. The molecule has 25 heavy (non-hydrogen) atoms. The van der Waals surface area contributed by atoms with Gasteiger partial charge < -0.3 is 15.1 Å². The fraction of sp³-hybridized carbons (Fsp3) is 0.381. The zero-order chi connectivity index (χ0) is 17.8. The summed E-state index contributed by atoms with van der Waals surface area (Å²) in [5.74, 6) is 0.0556. The van der Waals surface area contributed by atoms with Gasteiger partial charge in [-0.3, -0.25) is 4.79 Å². The molecule has 132 valence electrons. The second-order valence-corrected chi connectivity index (χ2v) is 6.97. The van der Waals surface area contributed by atoms with Gasteiger partial charge in [0.15, 0.2) is 0 Å². The summed E-state index contributed by atoms with van der Waals surface area (Å²) >= 11 is 0. The number of para-hydroxylation sites is 1. The highest BCUT2D eigenvalue weighted by Crippen LogP contribution is 2.23. The average Bonchev–Trinajstić information content (AvgIpc) is 2.64. The Kier molecular flexibility index (Phi) is 5.27. The number of nitrogens with zero attached hydrogens (tertiary/aromatic N) is 2. The smallest absolute Gasteiger partial charge is 0.253 e. The third-order valence-corrected chi connectivity index (χ3v) is 4.86. The van der Waals surface area contributed by atoms with Gasteiger partial charge in [0.05, 0.1) is 0 Å². The Bertz CT molecular complexity index is 719. The maximum Gasteiger partial charge on any atom is 0.253 e. The SMILES string of the molecule is Cc1ccc(NC2CCN(c3ccccc3)CC2)cc1C(=O)N(C)C. The van der Waals surface area contributed by atoms with Crippen molar-refractivity contribution in [3.8, 4) is 0 Å². The van der Waals surface area contributed by atoms with Crippen molar-refractivity contribution in [3.05, 3.63) is 59.7 Å². The van der Waals surface area contributed by atoms with E-state index in [2.05, 4.69) is 46.6 Å². The van der Waals surface area contributed by atoms with Crippen LogP contribution in [0.1, 0.15) is 28.8 Å². The van der Waals surface area contributed by atoms with Crippen LogP contribution in [0.3, 0.4) is 0 Å². The van der Waals surface area contributed by atoms with Crippen molar-refractivity contribution < 1.29 is 4.79 Å². The van der Waals surface area contributed by atoms with Gasteiger partial charge in [-0.1, -0.05) is 24.3 Å². The van der Waals surface area contributed by atoms with Crippen LogP contribution in [0, 0.1) is 6.92 Å². The lowest BCUT2D eigenvalue weighted by Gasteiger charge is -2.34. The first-order valence-corrected chi connectivity index (χ1v) is 8.93. The third kappa shape index (κ3) is 4.13. The van der Waals surface area contributed by atoms with Crippen LogP contribution in [0.4, 0.5) is 11.4 Å². The molecule has 0 saturated carbocycles. The maximum atomic E-state index is 12.3. The molecule has 1 N–H and O–H groups in total. The van der Waals surface area contributed by atoms with Crippen molar-refractivity contribution in [2.24, 2.45) is 0 Å². The molecule has 1 aliphatic rings. The molecule has 0 unspecified atom stereocenters. The van der Waals surface area contributed by atoms with Crippen molar-refractivity contribution in [3.63, 3.8) is 0 Å². The summed E-state index contributed by atoms with van der Waals surface area (Å²) in [7, 11) is 3.59. The lowest BCUT2D eigenvalue weighted by Crippen LogP contribution is -2.39. The largest absolute Gasteiger partial charge is 0.382 e. The normalized spacial score (nSPS) is 15.1. The highest BCUT2D eigenvalue weighted by Gasteiger charge is 2.20. The summed E-state index contributed by atoms with van der Waals surface area (Å²) in [5, 5.41) is 3.62. The van der Waals surface area contributed by atoms with E-state index >= 15 is 0 Å². The van der Waals surface area contributed by atoms with Crippen molar-refractivity contribution in [2.45, 2.75) is 25.8 Å². The number of anilines is 2. The topological polar surface area (TPSA) is 35.6 Å². The van der Waals surface area contributed by atoms with Crippen LogP contribution in [0.2, 0.25) is 0 Å². The lowest BCUT2D eigenvalue weighted by atomic mass is 10.0. The van der Waals surface area contributed by atoms with Gasteiger partial charge in [0, 0.05) is 50.2 Å². The third-order valence-electron chi connectivity index (χ3n) is 4.86. The van der Waals surface area contributed by atoms with Gasteiger partial charge >= 0.3 is 0 Å². The number of nitrogens with one attached hydrogen (secondary N) is 1. The van der Waals surface area contributed by atoms with Crippen LogP contribution in [0.5, 0.6) is 0 Å². The van der Waals surface area contributed by atoms with Gasteiger partial charge in [-0.2, -0.15) is 0 Å². The molecule has 1 fully saturated rings. The van der Waals surface area contributed by atoms with E-state index in [1.165, 1.54) is 5.69 Å². The van der Waals surface area contributed by atoms with E-state index in [1.807, 2.05) is 19.1 Å². The number of amides is 1. The summed E-state index contributed by atoms with van der Waals surface area (Å²) in [5.41, 5.74) is 4.13. The van der Waals surface area contributed by atoms with Crippen LogP contribution >= 0.6 is 0 Å². The Hall–Kier alpha value is -2.49. The van der Waals surface area contributed by atoms with E-state index < -0.39 is 0 Å². The number of rotatable bonds is 4. The van der Waals surface area contributed by atoms with Crippen molar-refractivity contribution in [1.29, 1.82) is 0 Å².